The van der Waals surface area contributed by atoms with Gasteiger partial charge in [0.05, 0.1) is 11.4 Å². The molecule has 0 saturated heterocycles. The Morgan fingerprint density at radius 1 is 0.808 bits per heavy atom. The van der Waals surface area contributed by atoms with Gasteiger partial charge in [0, 0.05) is 39.5 Å². The third kappa shape index (κ3) is 3.64. The molecule has 0 saturated carbocycles. The first-order valence-corrected chi connectivity index (χ1v) is 8.95. The largest absolute Gasteiger partial charge is 0.341 e. The second kappa shape index (κ2) is 7.32. The van der Waals surface area contributed by atoms with E-state index in [0.29, 0.717) is 16.5 Å². The SMILES string of the molecule is Clc1cc(Cl)cc(-c2nc(Cc3ccccn3)[nH]c2-c2ccccc2)c1. The molecule has 5 heteroatoms. The van der Waals surface area contributed by atoms with Crippen molar-refractivity contribution in [2.24, 2.45) is 0 Å². The van der Waals surface area contributed by atoms with Crippen molar-refractivity contribution in [2.75, 3.05) is 0 Å². The molecule has 3 nitrogen and oxygen atoms in total. The van der Waals surface area contributed by atoms with E-state index in [-0.39, 0.29) is 0 Å². The summed E-state index contributed by atoms with van der Waals surface area (Å²) in [5, 5.41) is 1.17. The van der Waals surface area contributed by atoms with E-state index in [9.17, 15) is 0 Å². The Kier molecular flexibility index (Phi) is 4.74. The zero-order valence-corrected chi connectivity index (χ0v) is 15.3. The maximum atomic E-state index is 6.20. The summed E-state index contributed by atoms with van der Waals surface area (Å²) in [6.07, 6.45) is 2.41. The molecule has 0 atom stereocenters. The lowest BCUT2D eigenvalue weighted by Crippen LogP contribution is -1.93. The average molecular weight is 380 g/mol. The van der Waals surface area contributed by atoms with Gasteiger partial charge in [0.15, 0.2) is 0 Å². The lowest BCUT2D eigenvalue weighted by molar-refractivity contribution is 0.978. The first kappa shape index (κ1) is 16.8. The molecule has 2 aromatic heterocycles. The predicted octanol–water partition coefficient (Wildman–Crippen LogP) is 6.04. The van der Waals surface area contributed by atoms with Crippen LogP contribution >= 0.6 is 23.2 Å². The van der Waals surface area contributed by atoms with Crippen molar-refractivity contribution < 1.29 is 0 Å². The summed E-state index contributed by atoms with van der Waals surface area (Å²) in [7, 11) is 0. The van der Waals surface area contributed by atoms with Gasteiger partial charge in [-0.15, -0.1) is 0 Å². The number of pyridine rings is 1. The highest BCUT2D eigenvalue weighted by atomic mass is 35.5. The van der Waals surface area contributed by atoms with Crippen molar-refractivity contribution in [3.63, 3.8) is 0 Å². The first-order chi connectivity index (χ1) is 12.7. The maximum Gasteiger partial charge on any atom is 0.113 e. The van der Waals surface area contributed by atoms with Gasteiger partial charge in [-0.25, -0.2) is 4.98 Å². The van der Waals surface area contributed by atoms with Crippen molar-refractivity contribution in [1.29, 1.82) is 0 Å². The summed E-state index contributed by atoms with van der Waals surface area (Å²) >= 11 is 12.4. The first-order valence-electron chi connectivity index (χ1n) is 8.20. The molecular formula is C21H15Cl2N3. The average Bonchev–Trinajstić information content (AvgIpc) is 3.06. The summed E-state index contributed by atoms with van der Waals surface area (Å²) in [5.74, 6) is 0.841. The van der Waals surface area contributed by atoms with Gasteiger partial charge in [-0.1, -0.05) is 59.6 Å². The maximum absolute atomic E-state index is 6.20. The van der Waals surface area contributed by atoms with E-state index in [0.717, 1.165) is 34.0 Å². The standard InChI is InChI=1S/C21H15Cl2N3/c22-16-10-15(11-17(23)12-16)21-20(14-6-2-1-3-7-14)25-19(26-21)13-18-8-4-5-9-24-18/h1-12H,13H2,(H,25,26). The van der Waals surface area contributed by atoms with E-state index in [1.165, 1.54) is 0 Å². The summed E-state index contributed by atoms with van der Waals surface area (Å²) in [6.45, 7) is 0. The normalized spacial score (nSPS) is 10.8. The summed E-state index contributed by atoms with van der Waals surface area (Å²) in [5.41, 5.74) is 4.65. The monoisotopic (exact) mass is 379 g/mol. The fourth-order valence-electron chi connectivity index (χ4n) is 2.89. The minimum absolute atomic E-state index is 0.584. The zero-order chi connectivity index (χ0) is 17.9. The van der Waals surface area contributed by atoms with E-state index >= 15 is 0 Å². The number of halogens is 2. The second-order valence-electron chi connectivity index (χ2n) is 5.93. The molecule has 4 rings (SSSR count). The number of nitrogens with one attached hydrogen (secondary N) is 1. The van der Waals surface area contributed by atoms with Crippen LogP contribution < -0.4 is 0 Å². The van der Waals surface area contributed by atoms with Crippen molar-refractivity contribution in [1.82, 2.24) is 15.0 Å². The van der Waals surface area contributed by atoms with Crippen LogP contribution in [0.1, 0.15) is 11.5 Å². The van der Waals surface area contributed by atoms with Crippen LogP contribution in [0.5, 0.6) is 0 Å². The molecule has 0 radical (unpaired) electrons. The van der Waals surface area contributed by atoms with Crippen LogP contribution in [0, 0.1) is 0 Å². The number of nitrogens with zero attached hydrogens (tertiary/aromatic N) is 2. The van der Waals surface area contributed by atoms with Gasteiger partial charge in [-0.2, -0.15) is 0 Å². The topological polar surface area (TPSA) is 41.6 Å². The summed E-state index contributed by atoms with van der Waals surface area (Å²) in [4.78, 5) is 12.7. The Morgan fingerprint density at radius 3 is 2.23 bits per heavy atom. The Morgan fingerprint density at radius 2 is 1.54 bits per heavy atom. The molecule has 0 aliphatic carbocycles. The van der Waals surface area contributed by atoms with Gasteiger partial charge in [0.1, 0.15) is 5.82 Å². The van der Waals surface area contributed by atoms with Gasteiger partial charge in [0.2, 0.25) is 0 Å². The van der Waals surface area contributed by atoms with Crippen LogP contribution in [-0.2, 0) is 6.42 Å². The molecule has 0 fully saturated rings. The summed E-state index contributed by atoms with van der Waals surface area (Å²) in [6, 6.07) is 21.4. The van der Waals surface area contributed by atoms with Gasteiger partial charge >= 0.3 is 0 Å². The van der Waals surface area contributed by atoms with Crippen LogP contribution in [-0.4, -0.2) is 15.0 Å². The zero-order valence-electron chi connectivity index (χ0n) is 13.8. The smallest absolute Gasteiger partial charge is 0.113 e. The number of H-pyrrole nitrogens is 1. The number of hydrogen-bond acceptors (Lipinski definition) is 2. The Hall–Kier alpha value is -2.62. The lowest BCUT2D eigenvalue weighted by Gasteiger charge is -2.04. The number of benzene rings is 2. The molecule has 2 heterocycles. The van der Waals surface area contributed by atoms with Gasteiger partial charge in [-0.3, -0.25) is 4.98 Å². The molecule has 0 aliphatic rings. The number of aromatic amines is 1. The van der Waals surface area contributed by atoms with Gasteiger partial charge < -0.3 is 4.98 Å². The molecule has 26 heavy (non-hydrogen) atoms. The molecule has 0 unspecified atom stereocenters. The second-order valence-corrected chi connectivity index (χ2v) is 6.80. The van der Waals surface area contributed by atoms with Crippen LogP contribution in [0.4, 0.5) is 0 Å². The van der Waals surface area contributed by atoms with Crippen LogP contribution in [0.3, 0.4) is 0 Å². The highest BCUT2D eigenvalue weighted by Gasteiger charge is 2.15. The van der Waals surface area contributed by atoms with Gasteiger partial charge in [0.25, 0.3) is 0 Å². The third-order valence-corrected chi connectivity index (χ3v) is 4.46. The fraction of sp³-hybridized carbons (Fsp3) is 0.0476. The van der Waals surface area contributed by atoms with Crippen molar-refractivity contribution in [3.05, 3.63) is 94.5 Å². The van der Waals surface area contributed by atoms with Crippen LogP contribution in [0.25, 0.3) is 22.5 Å². The minimum atomic E-state index is 0.584. The molecule has 1 N–H and O–H groups in total. The Labute approximate surface area is 161 Å². The van der Waals surface area contributed by atoms with E-state index < -0.39 is 0 Å². The Balaban J connectivity index is 1.83. The lowest BCUT2D eigenvalue weighted by atomic mass is 10.1. The van der Waals surface area contributed by atoms with Crippen molar-refractivity contribution in [3.8, 4) is 22.5 Å². The molecule has 4 aromatic rings. The van der Waals surface area contributed by atoms with Crippen LogP contribution in [0.2, 0.25) is 10.0 Å². The molecule has 0 amide bonds. The Bertz CT molecular complexity index is 1010. The highest BCUT2D eigenvalue weighted by molar-refractivity contribution is 6.35. The molecule has 0 bridgehead atoms. The predicted molar refractivity (Wildman–Crippen MR) is 107 cm³/mol. The highest BCUT2D eigenvalue weighted by Crippen LogP contribution is 2.33. The van der Waals surface area contributed by atoms with Crippen molar-refractivity contribution in [2.45, 2.75) is 6.42 Å². The van der Waals surface area contributed by atoms with E-state index in [2.05, 4.69) is 9.97 Å². The molecule has 0 spiro atoms. The summed E-state index contributed by atoms with van der Waals surface area (Å²) < 4.78 is 0. The molecule has 128 valence electrons. The number of imidazole rings is 1. The van der Waals surface area contributed by atoms with E-state index in [1.54, 1.807) is 12.3 Å². The minimum Gasteiger partial charge on any atom is -0.341 e. The van der Waals surface area contributed by atoms with E-state index in [1.807, 2.05) is 60.7 Å². The quantitative estimate of drug-likeness (QED) is 0.469. The van der Waals surface area contributed by atoms with Gasteiger partial charge in [-0.05, 0) is 30.3 Å². The number of aromatic nitrogens is 3. The number of rotatable bonds is 4. The molecule has 2 aromatic carbocycles. The van der Waals surface area contributed by atoms with E-state index in [4.69, 9.17) is 28.2 Å². The fourth-order valence-corrected chi connectivity index (χ4v) is 3.42. The van der Waals surface area contributed by atoms with Crippen molar-refractivity contribution >= 4 is 23.2 Å². The molecule has 0 aliphatic heterocycles. The number of hydrogen-bond donors (Lipinski definition) is 1. The molecular weight excluding hydrogens is 365 g/mol. The van der Waals surface area contributed by atoms with Crippen LogP contribution in [0.15, 0.2) is 72.9 Å². The third-order valence-electron chi connectivity index (χ3n) is 4.03.